The summed E-state index contributed by atoms with van der Waals surface area (Å²) in [5.74, 6) is 0.499. The molecule has 0 atom stereocenters. The van der Waals surface area contributed by atoms with Crippen LogP contribution in [0.5, 0.6) is 0 Å². The van der Waals surface area contributed by atoms with Crippen molar-refractivity contribution in [1.29, 1.82) is 0 Å². The molecule has 6 nitrogen and oxygen atoms in total. The molecule has 4 rings (SSSR count). The number of hydrogen-bond acceptors (Lipinski definition) is 5. The Kier molecular flexibility index (Phi) is 5.40. The number of imidazole rings is 1. The van der Waals surface area contributed by atoms with Crippen LogP contribution in [0.25, 0.3) is 5.78 Å². The van der Waals surface area contributed by atoms with Crippen molar-refractivity contribution >= 4 is 33.0 Å². The molecule has 0 amide bonds. The molecule has 30 heavy (non-hydrogen) atoms. The van der Waals surface area contributed by atoms with Crippen molar-refractivity contribution in [3.05, 3.63) is 89.0 Å². The number of hydrogen-bond donors (Lipinski definition) is 0. The van der Waals surface area contributed by atoms with Crippen molar-refractivity contribution in [3.8, 4) is 0 Å². The van der Waals surface area contributed by atoms with Gasteiger partial charge in [-0.05, 0) is 48.7 Å². The summed E-state index contributed by atoms with van der Waals surface area (Å²) < 4.78 is 27.5. The van der Waals surface area contributed by atoms with E-state index in [4.69, 9.17) is 11.6 Å². The maximum atomic E-state index is 12.9. The minimum absolute atomic E-state index is 0.0404. The number of carbonyl (C=O) groups is 1. The molecule has 0 aliphatic heterocycles. The Labute approximate surface area is 179 Å². The SMILES string of the molecule is Cc1ccc(Cl)c(S(=O)(=O)c2ccc(CCC(=O)c3cnc4nccn4c3)cc2)c1. The van der Waals surface area contributed by atoms with Gasteiger partial charge in [0.2, 0.25) is 15.6 Å². The Morgan fingerprint density at radius 1 is 1.10 bits per heavy atom. The molecule has 0 saturated heterocycles. The number of aryl methyl sites for hydroxylation is 2. The molecule has 4 aromatic rings. The lowest BCUT2D eigenvalue weighted by Crippen LogP contribution is -2.05. The van der Waals surface area contributed by atoms with E-state index in [-0.39, 0.29) is 27.0 Å². The fourth-order valence-electron chi connectivity index (χ4n) is 3.14. The first-order chi connectivity index (χ1) is 14.3. The number of benzene rings is 2. The zero-order valence-corrected chi connectivity index (χ0v) is 17.7. The van der Waals surface area contributed by atoms with Crippen LogP contribution in [0.4, 0.5) is 0 Å². The van der Waals surface area contributed by atoms with Gasteiger partial charge < -0.3 is 0 Å². The van der Waals surface area contributed by atoms with Gasteiger partial charge in [0.15, 0.2) is 5.78 Å². The van der Waals surface area contributed by atoms with E-state index >= 15 is 0 Å². The predicted molar refractivity (Wildman–Crippen MR) is 114 cm³/mol. The molecular formula is C22H18ClN3O3S. The number of ketones is 1. The molecule has 0 N–H and O–H groups in total. The van der Waals surface area contributed by atoms with Gasteiger partial charge in [0.05, 0.1) is 20.4 Å². The van der Waals surface area contributed by atoms with E-state index in [0.717, 1.165) is 11.1 Å². The van der Waals surface area contributed by atoms with Gasteiger partial charge in [-0.25, -0.2) is 18.4 Å². The molecule has 2 heterocycles. The molecule has 2 aromatic carbocycles. The van der Waals surface area contributed by atoms with E-state index in [0.29, 0.717) is 17.8 Å². The van der Waals surface area contributed by atoms with Crippen LogP contribution in [-0.4, -0.2) is 28.6 Å². The molecule has 152 valence electrons. The average molecular weight is 440 g/mol. The van der Waals surface area contributed by atoms with Gasteiger partial charge in [-0.15, -0.1) is 0 Å². The van der Waals surface area contributed by atoms with Crippen LogP contribution in [-0.2, 0) is 16.3 Å². The third kappa shape index (κ3) is 3.99. The zero-order valence-electron chi connectivity index (χ0n) is 16.1. The van der Waals surface area contributed by atoms with Gasteiger partial charge in [0.25, 0.3) is 0 Å². The van der Waals surface area contributed by atoms with Gasteiger partial charge in [0, 0.05) is 31.2 Å². The van der Waals surface area contributed by atoms with Gasteiger partial charge in [-0.3, -0.25) is 9.20 Å². The van der Waals surface area contributed by atoms with Crippen molar-refractivity contribution in [2.45, 2.75) is 29.6 Å². The van der Waals surface area contributed by atoms with E-state index in [1.807, 2.05) is 6.92 Å². The smallest absolute Gasteiger partial charge is 0.233 e. The summed E-state index contributed by atoms with van der Waals surface area (Å²) >= 11 is 6.11. The van der Waals surface area contributed by atoms with Crippen molar-refractivity contribution in [2.24, 2.45) is 0 Å². The van der Waals surface area contributed by atoms with Crippen LogP contribution in [0.3, 0.4) is 0 Å². The van der Waals surface area contributed by atoms with Crippen molar-refractivity contribution in [2.75, 3.05) is 0 Å². The molecule has 0 bridgehead atoms. The molecule has 0 fully saturated rings. The highest BCUT2D eigenvalue weighted by molar-refractivity contribution is 7.91. The molecule has 0 unspecified atom stereocenters. The first kappa shape index (κ1) is 20.3. The van der Waals surface area contributed by atoms with E-state index in [1.54, 1.807) is 65.5 Å². The lowest BCUT2D eigenvalue weighted by molar-refractivity contribution is 0.0982. The Balaban J connectivity index is 1.48. The third-order valence-corrected chi connectivity index (χ3v) is 7.07. The Morgan fingerprint density at radius 2 is 1.87 bits per heavy atom. The molecule has 0 aliphatic rings. The summed E-state index contributed by atoms with van der Waals surface area (Å²) in [6.45, 7) is 1.82. The Morgan fingerprint density at radius 3 is 2.63 bits per heavy atom. The summed E-state index contributed by atoms with van der Waals surface area (Å²) in [6, 6.07) is 11.5. The largest absolute Gasteiger partial charge is 0.294 e. The number of nitrogens with zero attached hydrogens (tertiary/aromatic N) is 3. The van der Waals surface area contributed by atoms with Crippen LogP contribution in [0.15, 0.2) is 77.0 Å². The molecule has 2 aromatic heterocycles. The van der Waals surface area contributed by atoms with Crippen LogP contribution in [0.1, 0.15) is 27.9 Å². The highest BCUT2D eigenvalue weighted by Crippen LogP contribution is 2.28. The summed E-state index contributed by atoms with van der Waals surface area (Å²) in [6.07, 6.45) is 7.36. The van der Waals surface area contributed by atoms with Gasteiger partial charge in [0.1, 0.15) is 0 Å². The molecule has 0 aliphatic carbocycles. The fraction of sp³-hybridized carbons (Fsp3) is 0.136. The second-order valence-electron chi connectivity index (χ2n) is 6.98. The second kappa shape index (κ2) is 8.01. The number of carbonyl (C=O) groups excluding carboxylic acids is 1. The topological polar surface area (TPSA) is 81.4 Å². The van der Waals surface area contributed by atoms with Gasteiger partial charge in [-0.2, -0.15) is 0 Å². The van der Waals surface area contributed by atoms with Crippen molar-refractivity contribution < 1.29 is 13.2 Å². The minimum atomic E-state index is -3.71. The Hall–Kier alpha value is -3.03. The minimum Gasteiger partial charge on any atom is -0.294 e. The Bertz CT molecular complexity index is 1350. The van der Waals surface area contributed by atoms with Crippen LogP contribution < -0.4 is 0 Å². The van der Waals surface area contributed by atoms with E-state index in [2.05, 4.69) is 9.97 Å². The normalized spacial score (nSPS) is 11.7. The monoisotopic (exact) mass is 439 g/mol. The molecule has 0 saturated carbocycles. The van der Waals surface area contributed by atoms with E-state index in [1.165, 1.54) is 6.20 Å². The van der Waals surface area contributed by atoms with Crippen LogP contribution in [0.2, 0.25) is 5.02 Å². The van der Waals surface area contributed by atoms with Gasteiger partial charge in [-0.1, -0.05) is 29.8 Å². The van der Waals surface area contributed by atoms with Crippen LogP contribution >= 0.6 is 11.6 Å². The summed E-state index contributed by atoms with van der Waals surface area (Å²) in [7, 11) is -3.71. The fourth-order valence-corrected chi connectivity index (χ4v) is 4.98. The standard InChI is InChI=1S/C22H18ClN3O3S/c1-15-2-8-19(23)21(12-15)30(28,29)18-6-3-16(4-7-18)5-9-20(27)17-13-25-22-24-10-11-26(22)14-17/h2-4,6-8,10-14H,5,9H2,1H3. The summed E-state index contributed by atoms with van der Waals surface area (Å²) in [5.41, 5.74) is 2.19. The lowest BCUT2D eigenvalue weighted by Gasteiger charge is -2.09. The first-order valence-corrected chi connectivity index (χ1v) is 11.1. The molecular weight excluding hydrogens is 422 g/mol. The number of fused-ring (bicyclic) bond motifs is 1. The maximum Gasteiger partial charge on any atom is 0.233 e. The number of aromatic nitrogens is 3. The third-order valence-electron chi connectivity index (χ3n) is 4.82. The molecule has 0 radical (unpaired) electrons. The first-order valence-electron chi connectivity index (χ1n) is 9.27. The summed E-state index contributed by atoms with van der Waals surface area (Å²) in [5, 5.41) is 0.193. The average Bonchev–Trinajstić information content (AvgIpc) is 3.22. The number of Topliss-reactive ketones (excluding diaryl/α,β-unsaturated/α-hetero) is 1. The van der Waals surface area contributed by atoms with Gasteiger partial charge >= 0.3 is 0 Å². The van der Waals surface area contributed by atoms with Crippen molar-refractivity contribution in [3.63, 3.8) is 0 Å². The zero-order chi connectivity index (χ0) is 21.3. The van der Waals surface area contributed by atoms with Crippen LogP contribution in [0, 0.1) is 6.92 Å². The number of sulfone groups is 1. The lowest BCUT2D eigenvalue weighted by atomic mass is 10.0. The van der Waals surface area contributed by atoms with Crippen molar-refractivity contribution in [1.82, 2.24) is 14.4 Å². The maximum absolute atomic E-state index is 12.9. The second-order valence-corrected chi connectivity index (χ2v) is 9.31. The molecule has 0 spiro atoms. The highest BCUT2D eigenvalue weighted by Gasteiger charge is 2.21. The number of rotatable bonds is 6. The highest BCUT2D eigenvalue weighted by atomic mass is 35.5. The summed E-state index contributed by atoms with van der Waals surface area (Å²) in [4.78, 5) is 20.9. The number of halogens is 1. The van der Waals surface area contributed by atoms with E-state index < -0.39 is 9.84 Å². The molecule has 8 heteroatoms. The quantitative estimate of drug-likeness (QED) is 0.417. The predicted octanol–water partition coefficient (Wildman–Crippen LogP) is 4.34. The van der Waals surface area contributed by atoms with E-state index in [9.17, 15) is 13.2 Å².